The molecule has 10 heteroatoms. The summed E-state index contributed by atoms with van der Waals surface area (Å²) in [6.45, 7) is 1.31. The molecule has 26 heavy (non-hydrogen) atoms. The van der Waals surface area contributed by atoms with E-state index >= 15 is 0 Å². The van der Waals surface area contributed by atoms with Crippen LogP contribution in [0.4, 0.5) is 10.5 Å². The molecule has 0 aliphatic carbocycles. The maximum atomic E-state index is 12.7. The van der Waals surface area contributed by atoms with Crippen LogP contribution in [0.3, 0.4) is 0 Å². The normalized spacial score (nSPS) is 21.3. The molecule has 2 heterocycles. The number of nitrogens with one attached hydrogen (secondary N) is 1. The van der Waals surface area contributed by atoms with Crippen molar-refractivity contribution in [1.82, 2.24) is 9.21 Å². The number of hydrogen-bond donors (Lipinski definition) is 1. The van der Waals surface area contributed by atoms with Crippen molar-refractivity contribution in [2.24, 2.45) is 0 Å². The zero-order valence-corrected chi connectivity index (χ0v) is 16.1. The molecule has 2 saturated heterocycles. The minimum absolute atomic E-state index is 0.0518. The predicted molar refractivity (Wildman–Crippen MR) is 98.3 cm³/mol. The van der Waals surface area contributed by atoms with Crippen LogP contribution in [0.15, 0.2) is 29.2 Å². The highest BCUT2D eigenvalue weighted by molar-refractivity contribution is 7.91. The van der Waals surface area contributed by atoms with Crippen molar-refractivity contribution in [3.8, 4) is 0 Å². The second kappa shape index (κ2) is 7.53. The average molecular weight is 402 g/mol. The summed E-state index contributed by atoms with van der Waals surface area (Å²) in [5.74, 6) is -0.104. The lowest BCUT2D eigenvalue weighted by molar-refractivity contribution is 0.216. The van der Waals surface area contributed by atoms with Crippen LogP contribution in [0.2, 0.25) is 0 Å². The third kappa shape index (κ3) is 4.36. The minimum atomic E-state index is -3.57. The summed E-state index contributed by atoms with van der Waals surface area (Å²) in [5.41, 5.74) is 0.376. The van der Waals surface area contributed by atoms with E-state index in [1.54, 1.807) is 12.1 Å². The number of sulfone groups is 1. The molecular formula is C16H23N3O5S2. The van der Waals surface area contributed by atoms with Gasteiger partial charge in [-0.3, -0.25) is 0 Å². The smallest absolute Gasteiger partial charge is 0.321 e. The molecule has 0 atom stereocenters. The Bertz CT molecular complexity index is 863. The summed E-state index contributed by atoms with van der Waals surface area (Å²) >= 11 is 0. The molecule has 2 fully saturated rings. The van der Waals surface area contributed by atoms with Crippen molar-refractivity contribution in [2.45, 2.75) is 24.2 Å². The largest absolute Gasteiger partial charge is 0.322 e. The monoisotopic (exact) mass is 401 g/mol. The number of carbonyl (C=O) groups excluding carboxylic acids is 1. The fourth-order valence-electron chi connectivity index (χ4n) is 3.11. The Hall–Kier alpha value is -1.65. The Morgan fingerprint density at radius 2 is 1.65 bits per heavy atom. The lowest BCUT2D eigenvalue weighted by atomic mass is 10.2. The Kier molecular flexibility index (Phi) is 5.54. The first-order valence-electron chi connectivity index (χ1n) is 8.64. The van der Waals surface area contributed by atoms with Gasteiger partial charge in [0.2, 0.25) is 10.0 Å². The first-order valence-corrected chi connectivity index (χ1v) is 11.9. The Balaban J connectivity index is 1.70. The van der Waals surface area contributed by atoms with Crippen molar-refractivity contribution in [2.75, 3.05) is 43.0 Å². The van der Waals surface area contributed by atoms with Gasteiger partial charge in [-0.05, 0) is 31.0 Å². The number of nitrogens with zero attached hydrogens (tertiary/aromatic N) is 2. The van der Waals surface area contributed by atoms with Gasteiger partial charge in [-0.25, -0.2) is 21.6 Å². The molecule has 0 aromatic heterocycles. The highest BCUT2D eigenvalue weighted by atomic mass is 32.2. The third-order valence-corrected chi connectivity index (χ3v) is 8.17. The average Bonchev–Trinajstić information content (AvgIpc) is 2.62. The van der Waals surface area contributed by atoms with Gasteiger partial charge in [0, 0.05) is 31.9 Å². The van der Waals surface area contributed by atoms with Gasteiger partial charge in [0.05, 0.1) is 16.4 Å². The Morgan fingerprint density at radius 1 is 1.00 bits per heavy atom. The number of sulfonamides is 1. The quantitative estimate of drug-likeness (QED) is 0.817. The SMILES string of the molecule is O=C(Nc1cccc(S(=O)(=O)N2CCCCC2)c1)N1CCS(=O)(=O)CC1. The number of piperidine rings is 1. The van der Waals surface area contributed by atoms with Crippen molar-refractivity contribution >= 4 is 31.6 Å². The van der Waals surface area contributed by atoms with Gasteiger partial charge >= 0.3 is 6.03 Å². The zero-order valence-electron chi connectivity index (χ0n) is 14.4. The van der Waals surface area contributed by atoms with E-state index in [9.17, 15) is 21.6 Å². The molecule has 0 saturated carbocycles. The van der Waals surface area contributed by atoms with E-state index in [1.165, 1.54) is 21.3 Å². The van der Waals surface area contributed by atoms with Crippen LogP contribution in [0.5, 0.6) is 0 Å². The van der Waals surface area contributed by atoms with E-state index in [2.05, 4.69) is 5.32 Å². The highest BCUT2D eigenvalue weighted by Gasteiger charge is 2.27. The summed E-state index contributed by atoms with van der Waals surface area (Å²) in [7, 11) is -6.64. The predicted octanol–water partition coefficient (Wildman–Crippen LogP) is 1.12. The van der Waals surface area contributed by atoms with Gasteiger partial charge in [-0.15, -0.1) is 0 Å². The number of urea groups is 1. The van der Waals surface area contributed by atoms with Crippen molar-refractivity contribution in [3.05, 3.63) is 24.3 Å². The van der Waals surface area contributed by atoms with E-state index < -0.39 is 25.9 Å². The molecule has 144 valence electrons. The summed E-state index contributed by atoms with van der Waals surface area (Å²) in [5, 5.41) is 2.66. The zero-order chi connectivity index (χ0) is 18.8. The minimum Gasteiger partial charge on any atom is -0.322 e. The van der Waals surface area contributed by atoms with Crippen LogP contribution < -0.4 is 5.32 Å². The molecule has 0 bridgehead atoms. The van der Waals surface area contributed by atoms with Gasteiger partial charge in [0.1, 0.15) is 0 Å². The van der Waals surface area contributed by atoms with Crippen molar-refractivity contribution in [3.63, 3.8) is 0 Å². The van der Waals surface area contributed by atoms with E-state index in [0.717, 1.165) is 19.3 Å². The molecule has 3 rings (SSSR count). The lowest BCUT2D eigenvalue weighted by Crippen LogP contribution is -2.45. The number of benzene rings is 1. The van der Waals surface area contributed by atoms with E-state index in [1.807, 2.05) is 0 Å². The molecular weight excluding hydrogens is 378 g/mol. The standard InChI is InChI=1S/C16H23N3O5S2/c20-16(18-9-11-25(21,22)12-10-18)17-14-5-4-6-15(13-14)26(23,24)19-7-2-1-3-8-19/h4-6,13H,1-3,7-12H2,(H,17,20). The fraction of sp³-hybridized carbons (Fsp3) is 0.562. The molecule has 2 amide bonds. The van der Waals surface area contributed by atoms with E-state index in [0.29, 0.717) is 18.8 Å². The van der Waals surface area contributed by atoms with Crippen LogP contribution in [0.1, 0.15) is 19.3 Å². The molecule has 2 aliphatic rings. The van der Waals surface area contributed by atoms with Gasteiger partial charge in [-0.1, -0.05) is 12.5 Å². The fourth-order valence-corrected chi connectivity index (χ4v) is 5.87. The number of anilines is 1. The first kappa shape index (κ1) is 19.1. The molecule has 1 N–H and O–H groups in total. The summed E-state index contributed by atoms with van der Waals surface area (Å²) in [6.07, 6.45) is 2.74. The van der Waals surface area contributed by atoms with Crippen molar-refractivity contribution < 1.29 is 21.6 Å². The van der Waals surface area contributed by atoms with Gasteiger partial charge in [-0.2, -0.15) is 4.31 Å². The molecule has 0 radical (unpaired) electrons. The second-order valence-corrected chi connectivity index (χ2v) is 10.8. The van der Waals surface area contributed by atoms with Gasteiger partial charge in [0.25, 0.3) is 0 Å². The highest BCUT2D eigenvalue weighted by Crippen LogP contribution is 2.23. The van der Waals surface area contributed by atoms with E-state index in [-0.39, 0.29) is 29.5 Å². The Morgan fingerprint density at radius 3 is 2.31 bits per heavy atom. The first-order chi connectivity index (χ1) is 12.3. The Labute approximate surface area is 154 Å². The van der Waals surface area contributed by atoms with Crippen LogP contribution in [-0.2, 0) is 19.9 Å². The van der Waals surface area contributed by atoms with Gasteiger partial charge in [0.15, 0.2) is 9.84 Å². The number of carbonyl (C=O) groups is 1. The lowest BCUT2D eigenvalue weighted by Gasteiger charge is -2.27. The molecule has 1 aromatic rings. The maximum Gasteiger partial charge on any atom is 0.321 e. The topological polar surface area (TPSA) is 104 Å². The van der Waals surface area contributed by atoms with Crippen molar-refractivity contribution in [1.29, 1.82) is 0 Å². The van der Waals surface area contributed by atoms with Gasteiger partial charge < -0.3 is 10.2 Å². The molecule has 0 spiro atoms. The molecule has 1 aromatic carbocycles. The third-order valence-electron chi connectivity index (χ3n) is 4.67. The van der Waals surface area contributed by atoms with Crippen LogP contribution in [0, 0.1) is 0 Å². The van der Waals surface area contributed by atoms with E-state index in [4.69, 9.17) is 0 Å². The molecule has 8 nitrogen and oxygen atoms in total. The van der Waals surface area contributed by atoms with Crippen LogP contribution in [-0.4, -0.2) is 69.8 Å². The maximum absolute atomic E-state index is 12.7. The summed E-state index contributed by atoms with van der Waals surface area (Å²) in [6, 6.07) is 5.75. The molecule has 2 aliphatic heterocycles. The number of hydrogen-bond acceptors (Lipinski definition) is 5. The number of amides is 2. The van der Waals surface area contributed by atoms with Crippen LogP contribution >= 0.6 is 0 Å². The second-order valence-electron chi connectivity index (χ2n) is 6.56. The molecule has 0 unspecified atom stereocenters. The van der Waals surface area contributed by atoms with Crippen LogP contribution in [0.25, 0.3) is 0 Å². The number of rotatable bonds is 3. The summed E-state index contributed by atoms with van der Waals surface area (Å²) in [4.78, 5) is 13.9. The summed E-state index contributed by atoms with van der Waals surface area (Å²) < 4.78 is 49.9.